The first kappa shape index (κ1) is 12.7. The Morgan fingerprint density at radius 3 is 2.56 bits per heavy atom. The quantitative estimate of drug-likeness (QED) is 0.753. The van der Waals surface area contributed by atoms with Crippen molar-refractivity contribution in [1.29, 1.82) is 0 Å². The summed E-state index contributed by atoms with van der Waals surface area (Å²) in [6.45, 7) is 1.82. The molecule has 2 rings (SSSR count). The van der Waals surface area contributed by atoms with Gasteiger partial charge >= 0.3 is 6.18 Å². The molecule has 0 saturated heterocycles. The van der Waals surface area contributed by atoms with Gasteiger partial charge < -0.3 is 0 Å². The summed E-state index contributed by atoms with van der Waals surface area (Å²) in [7, 11) is 0. The zero-order valence-electron chi connectivity index (χ0n) is 9.15. The van der Waals surface area contributed by atoms with Crippen molar-refractivity contribution in [1.82, 2.24) is 4.98 Å². The van der Waals surface area contributed by atoms with Crippen molar-refractivity contribution in [3.63, 3.8) is 0 Å². The molecule has 0 aliphatic rings. The fourth-order valence-electron chi connectivity index (χ4n) is 1.44. The lowest BCUT2D eigenvalue weighted by Gasteiger charge is -2.08. The number of rotatable bonds is 2. The molecule has 0 radical (unpaired) electrons. The molecular formula is C11H7F3N2OS. The summed E-state index contributed by atoms with van der Waals surface area (Å²) in [5, 5.41) is 3.13. The van der Waals surface area contributed by atoms with Gasteiger partial charge in [0, 0.05) is 16.6 Å². The van der Waals surface area contributed by atoms with Crippen molar-refractivity contribution in [3.05, 3.63) is 39.7 Å². The predicted molar refractivity (Wildman–Crippen MR) is 62.7 cm³/mol. The second-order valence-corrected chi connectivity index (χ2v) is 4.83. The van der Waals surface area contributed by atoms with Gasteiger partial charge in [-0.2, -0.15) is 13.2 Å². The lowest BCUT2D eigenvalue weighted by molar-refractivity contribution is -0.137. The fourth-order valence-corrected chi connectivity index (χ4v) is 2.24. The molecule has 1 heterocycles. The highest BCUT2D eigenvalue weighted by Gasteiger charge is 2.31. The third-order valence-electron chi connectivity index (χ3n) is 2.28. The van der Waals surface area contributed by atoms with E-state index in [1.165, 1.54) is 17.4 Å². The highest BCUT2D eigenvalue weighted by atomic mass is 32.1. The number of nitroso groups, excluding NO2 is 1. The zero-order chi connectivity index (χ0) is 13.3. The van der Waals surface area contributed by atoms with Crippen LogP contribution < -0.4 is 0 Å². The molecule has 0 fully saturated rings. The lowest BCUT2D eigenvalue weighted by Crippen LogP contribution is -2.04. The summed E-state index contributed by atoms with van der Waals surface area (Å²) in [5.41, 5.74) is -0.829. The van der Waals surface area contributed by atoms with E-state index in [1.807, 2.05) is 6.92 Å². The maximum absolute atomic E-state index is 12.5. The van der Waals surface area contributed by atoms with Gasteiger partial charge in [0.1, 0.15) is 10.7 Å². The Balaban J connectivity index is 2.54. The smallest absolute Gasteiger partial charge is 0.244 e. The molecule has 0 spiro atoms. The lowest BCUT2D eigenvalue weighted by atomic mass is 10.1. The number of benzene rings is 1. The van der Waals surface area contributed by atoms with E-state index in [2.05, 4.69) is 10.2 Å². The van der Waals surface area contributed by atoms with E-state index in [9.17, 15) is 18.1 Å². The van der Waals surface area contributed by atoms with Crippen molar-refractivity contribution < 1.29 is 13.2 Å². The van der Waals surface area contributed by atoms with Crippen LogP contribution in [0.25, 0.3) is 10.6 Å². The molecule has 0 unspecified atom stereocenters. The fraction of sp³-hybridized carbons (Fsp3) is 0.182. The average Bonchev–Trinajstić information content (AvgIpc) is 2.73. The van der Waals surface area contributed by atoms with Gasteiger partial charge in [0.15, 0.2) is 0 Å². The maximum atomic E-state index is 12.5. The molecule has 1 aromatic carbocycles. The van der Waals surface area contributed by atoms with E-state index in [1.54, 1.807) is 6.20 Å². The first-order chi connectivity index (χ1) is 8.41. The number of aryl methyl sites for hydroxylation is 1. The van der Waals surface area contributed by atoms with Crippen LogP contribution in [0.3, 0.4) is 0 Å². The van der Waals surface area contributed by atoms with Crippen LogP contribution in [0.15, 0.2) is 29.6 Å². The van der Waals surface area contributed by atoms with Crippen LogP contribution >= 0.6 is 11.3 Å². The van der Waals surface area contributed by atoms with Gasteiger partial charge in [-0.05, 0) is 30.3 Å². The number of nitrogens with zero attached hydrogens (tertiary/aromatic N) is 2. The summed E-state index contributed by atoms with van der Waals surface area (Å²) in [4.78, 5) is 15.6. The van der Waals surface area contributed by atoms with E-state index in [0.29, 0.717) is 10.6 Å². The molecule has 0 amide bonds. The Labute approximate surface area is 104 Å². The van der Waals surface area contributed by atoms with Gasteiger partial charge in [-0.15, -0.1) is 16.2 Å². The second kappa shape index (κ2) is 4.49. The Morgan fingerprint density at radius 2 is 2.06 bits per heavy atom. The largest absolute Gasteiger partial charge is 0.416 e. The molecule has 94 valence electrons. The number of aromatic nitrogens is 1. The molecule has 0 N–H and O–H groups in total. The van der Waals surface area contributed by atoms with Crippen molar-refractivity contribution >= 4 is 17.0 Å². The first-order valence-electron chi connectivity index (χ1n) is 4.89. The molecule has 0 aliphatic carbocycles. The Hall–Kier alpha value is -1.76. The molecule has 2 aromatic rings. The van der Waals surface area contributed by atoms with Crippen LogP contribution in [-0.4, -0.2) is 4.98 Å². The number of alkyl halides is 3. The van der Waals surface area contributed by atoms with Gasteiger partial charge in [0.25, 0.3) is 0 Å². The summed E-state index contributed by atoms with van der Waals surface area (Å²) in [6, 6.07) is 2.87. The third-order valence-corrected chi connectivity index (χ3v) is 3.22. The highest BCUT2D eigenvalue weighted by molar-refractivity contribution is 7.15. The number of hydrogen-bond acceptors (Lipinski definition) is 4. The van der Waals surface area contributed by atoms with E-state index in [4.69, 9.17) is 0 Å². The minimum absolute atomic E-state index is 0.251. The topological polar surface area (TPSA) is 42.3 Å². The average molecular weight is 272 g/mol. The maximum Gasteiger partial charge on any atom is 0.416 e. The van der Waals surface area contributed by atoms with Gasteiger partial charge in [-0.3, -0.25) is 0 Å². The zero-order valence-corrected chi connectivity index (χ0v) is 9.97. The predicted octanol–water partition coefficient (Wildman–Crippen LogP) is 4.54. The summed E-state index contributed by atoms with van der Waals surface area (Å²) in [6.07, 6.45) is -2.90. The van der Waals surface area contributed by atoms with E-state index >= 15 is 0 Å². The summed E-state index contributed by atoms with van der Waals surface area (Å²) < 4.78 is 37.5. The van der Waals surface area contributed by atoms with Crippen LogP contribution in [0.5, 0.6) is 0 Å². The van der Waals surface area contributed by atoms with Crippen LogP contribution in [0.1, 0.15) is 10.4 Å². The van der Waals surface area contributed by atoms with Gasteiger partial charge in [-0.25, -0.2) is 4.98 Å². The van der Waals surface area contributed by atoms with Crippen molar-refractivity contribution in [2.24, 2.45) is 5.18 Å². The van der Waals surface area contributed by atoms with E-state index in [0.717, 1.165) is 17.0 Å². The summed E-state index contributed by atoms with van der Waals surface area (Å²) in [5.74, 6) is 0. The summed E-state index contributed by atoms with van der Waals surface area (Å²) >= 11 is 1.29. The number of thiazole rings is 1. The SMILES string of the molecule is Cc1cnc(-c2ccc(C(F)(F)F)cc2N=O)s1. The minimum atomic E-state index is -4.49. The van der Waals surface area contributed by atoms with Gasteiger partial charge in [0.2, 0.25) is 0 Å². The Bertz CT molecular complexity index is 592. The third kappa shape index (κ3) is 2.40. The molecule has 3 nitrogen and oxygen atoms in total. The normalized spacial score (nSPS) is 11.6. The number of halogens is 3. The minimum Gasteiger partial charge on any atom is -0.244 e. The molecule has 1 aromatic heterocycles. The van der Waals surface area contributed by atoms with Crippen LogP contribution in [0.4, 0.5) is 18.9 Å². The molecular weight excluding hydrogens is 265 g/mol. The molecule has 0 aliphatic heterocycles. The van der Waals surface area contributed by atoms with Gasteiger partial charge in [0.05, 0.1) is 5.56 Å². The second-order valence-electron chi connectivity index (χ2n) is 3.60. The molecule has 7 heteroatoms. The van der Waals surface area contributed by atoms with Crippen molar-refractivity contribution in [2.45, 2.75) is 13.1 Å². The molecule has 0 bridgehead atoms. The van der Waals surface area contributed by atoms with Crippen molar-refractivity contribution in [3.8, 4) is 10.6 Å². The highest BCUT2D eigenvalue weighted by Crippen LogP contribution is 2.38. The molecule has 18 heavy (non-hydrogen) atoms. The van der Waals surface area contributed by atoms with E-state index < -0.39 is 11.7 Å². The number of hydrogen-bond donors (Lipinski definition) is 0. The monoisotopic (exact) mass is 272 g/mol. The van der Waals surface area contributed by atoms with E-state index in [-0.39, 0.29) is 5.69 Å². The van der Waals surface area contributed by atoms with Gasteiger partial charge in [-0.1, -0.05) is 0 Å². The standard InChI is InChI=1S/C11H7F3N2OS/c1-6-5-15-10(18-6)8-3-2-7(11(12,13)14)4-9(8)16-17/h2-5H,1H3. The first-order valence-corrected chi connectivity index (χ1v) is 5.71. The van der Waals surface area contributed by atoms with Crippen LogP contribution in [-0.2, 0) is 6.18 Å². The van der Waals surface area contributed by atoms with Crippen LogP contribution in [0, 0.1) is 11.8 Å². The Kier molecular flexibility index (Phi) is 3.16. The van der Waals surface area contributed by atoms with Crippen LogP contribution in [0.2, 0.25) is 0 Å². The van der Waals surface area contributed by atoms with Crippen molar-refractivity contribution in [2.75, 3.05) is 0 Å². The Morgan fingerprint density at radius 1 is 1.33 bits per heavy atom. The molecule has 0 atom stereocenters. The molecule has 0 saturated carbocycles.